The molecule has 1 aromatic heterocycles. The number of carbonyl (C=O) groups is 1. The third kappa shape index (κ3) is 5.22. The molecule has 184 valence electrons. The summed E-state index contributed by atoms with van der Waals surface area (Å²) >= 11 is 5.99. The Hall–Kier alpha value is -2.87. The van der Waals surface area contributed by atoms with Gasteiger partial charge in [0, 0.05) is 48.6 Å². The number of amides is 1. The Bertz CT molecular complexity index is 1180. The lowest BCUT2D eigenvalue weighted by Crippen LogP contribution is -2.49. The van der Waals surface area contributed by atoms with Gasteiger partial charge in [0.25, 0.3) is 5.91 Å². The molecule has 8 heteroatoms. The van der Waals surface area contributed by atoms with E-state index in [1.54, 1.807) is 10.9 Å². The second-order valence-corrected chi connectivity index (χ2v) is 9.79. The van der Waals surface area contributed by atoms with Gasteiger partial charge < -0.3 is 15.0 Å². The molecule has 2 aliphatic heterocycles. The number of rotatable bonds is 5. The largest absolute Gasteiger partial charge is 0.379 e. The van der Waals surface area contributed by atoms with E-state index in [2.05, 4.69) is 39.3 Å². The fourth-order valence-corrected chi connectivity index (χ4v) is 5.30. The van der Waals surface area contributed by atoms with Crippen molar-refractivity contribution in [1.82, 2.24) is 14.7 Å². The molecule has 1 N–H and O–H groups in total. The highest BCUT2D eigenvalue weighted by Crippen LogP contribution is 2.28. The van der Waals surface area contributed by atoms with Crippen LogP contribution in [0.5, 0.6) is 0 Å². The van der Waals surface area contributed by atoms with Gasteiger partial charge in [-0.1, -0.05) is 11.6 Å². The number of anilines is 2. The average molecular weight is 494 g/mol. The Morgan fingerprint density at radius 2 is 1.74 bits per heavy atom. The van der Waals surface area contributed by atoms with Crippen LogP contribution in [0, 0.1) is 13.8 Å². The first-order valence-electron chi connectivity index (χ1n) is 12.3. The maximum atomic E-state index is 13.0. The lowest BCUT2D eigenvalue weighted by molar-refractivity contribution is 0.0115. The molecule has 0 radical (unpaired) electrons. The smallest absolute Gasteiger partial charge is 0.259 e. The molecule has 0 spiro atoms. The van der Waals surface area contributed by atoms with Crippen LogP contribution in [0.25, 0.3) is 5.69 Å². The molecule has 1 amide bonds. The lowest BCUT2D eigenvalue weighted by atomic mass is 10.0. The van der Waals surface area contributed by atoms with Crippen molar-refractivity contribution in [2.75, 3.05) is 49.6 Å². The van der Waals surface area contributed by atoms with E-state index in [1.807, 2.05) is 37.3 Å². The fourth-order valence-electron chi connectivity index (χ4n) is 5.18. The number of aromatic nitrogens is 2. The second-order valence-electron chi connectivity index (χ2n) is 9.35. The number of carbonyl (C=O) groups excluding carboxylic acids is 1. The van der Waals surface area contributed by atoms with Crippen molar-refractivity contribution in [3.05, 3.63) is 70.5 Å². The predicted molar refractivity (Wildman–Crippen MR) is 140 cm³/mol. The second kappa shape index (κ2) is 10.4. The van der Waals surface area contributed by atoms with Gasteiger partial charge in [-0.3, -0.25) is 9.69 Å². The third-order valence-corrected chi connectivity index (χ3v) is 7.40. The van der Waals surface area contributed by atoms with Crippen LogP contribution in [0.2, 0.25) is 5.02 Å². The molecule has 35 heavy (non-hydrogen) atoms. The van der Waals surface area contributed by atoms with Gasteiger partial charge in [-0.15, -0.1) is 0 Å². The summed E-state index contributed by atoms with van der Waals surface area (Å²) in [5.41, 5.74) is 5.39. The van der Waals surface area contributed by atoms with Crippen molar-refractivity contribution >= 4 is 28.9 Å². The standard InChI is InChI=1S/C27H32ClN5O2/c1-19-17-22(5-8-26(19)32-11-9-23(10-12-32)31-13-15-35-16-14-31)30-27(34)25-18-29-33(20(25)2)24-6-3-21(28)4-7-24/h3-8,17-18,23H,9-16H2,1-2H3,(H,30,34). The summed E-state index contributed by atoms with van der Waals surface area (Å²) in [7, 11) is 0. The summed E-state index contributed by atoms with van der Waals surface area (Å²) in [5, 5.41) is 8.11. The molecule has 2 saturated heterocycles. The highest BCUT2D eigenvalue weighted by atomic mass is 35.5. The van der Waals surface area contributed by atoms with Gasteiger partial charge in [-0.25, -0.2) is 4.68 Å². The van der Waals surface area contributed by atoms with Crippen LogP contribution in [0.1, 0.15) is 34.5 Å². The summed E-state index contributed by atoms with van der Waals surface area (Å²) < 4.78 is 7.25. The van der Waals surface area contributed by atoms with Crippen LogP contribution in [0.15, 0.2) is 48.7 Å². The van der Waals surface area contributed by atoms with Gasteiger partial charge in [-0.2, -0.15) is 5.10 Å². The highest BCUT2D eigenvalue weighted by Gasteiger charge is 2.26. The van der Waals surface area contributed by atoms with E-state index >= 15 is 0 Å². The molecule has 5 rings (SSSR count). The average Bonchev–Trinajstić information content (AvgIpc) is 3.27. The Morgan fingerprint density at radius 1 is 1.03 bits per heavy atom. The number of halogens is 1. The molecular formula is C27H32ClN5O2. The van der Waals surface area contributed by atoms with E-state index in [0.29, 0.717) is 16.6 Å². The summed E-state index contributed by atoms with van der Waals surface area (Å²) in [6, 6.07) is 14.2. The number of benzene rings is 2. The summed E-state index contributed by atoms with van der Waals surface area (Å²) in [6.07, 6.45) is 3.96. The number of piperidine rings is 1. The van der Waals surface area contributed by atoms with Crippen molar-refractivity contribution in [3.63, 3.8) is 0 Å². The van der Waals surface area contributed by atoms with E-state index in [0.717, 1.165) is 56.5 Å². The summed E-state index contributed by atoms with van der Waals surface area (Å²) in [5.74, 6) is -0.166. The van der Waals surface area contributed by atoms with Crippen LogP contribution >= 0.6 is 11.6 Å². The predicted octanol–water partition coefficient (Wildman–Crippen LogP) is 4.70. The number of morpholine rings is 1. The molecule has 3 heterocycles. The monoisotopic (exact) mass is 493 g/mol. The summed E-state index contributed by atoms with van der Waals surface area (Å²) in [6.45, 7) is 9.93. The molecule has 2 fully saturated rings. The van der Waals surface area contributed by atoms with Crippen LogP contribution in [-0.2, 0) is 4.74 Å². The number of hydrogen-bond acceptors (Lipinski definition) is 5. The van der Waals surface area contributed by atoms with E-state index < -0.39 is 0 Å². The van der Waals surface area contributed by atoms with E-state index in [-0.39, 0.29) is 5.91 Å². The molecule has 7 nitrogen and oxygen atoms in total. The van der Waals surface area contributed by atoms with Crippen LogP contribution in [0.4, 0.5) is 11.4 Å². The van der Waals surface area contributed by atoms with Crippen LogP contribution in [0.3, 0.4) is 0 Å². The molecule has 3 aromatic rings. The normalized spacial score (nSPS) is 17.5. The van der Waals surface area contributed by atoms with Gasteiger partial charge in [0.05, 0.1) is 36.4 Å². The Balaban J connectivity index is 1.22. The molecule has 2 aliphatic rings. The first kappa shape index (κ1) is 23.9. The zero-order valence-corrected chi connectivity index (χ0v) is 21.1. The molecule has 2 aromatic carbocycles. The number of aryl methyl sites for hydroxylation is 1. The van der Waals surface area contributed by atoms with Crippen molar-refractivity contribution < 1.29 is 9.53 Å². The topological polar surface area (TPSA) is 62.6 Å². The number of ether oxygens (including phenoxy) is 1. The van der Waals surface area contributed by atoms with E-state index in [9.17, 15) is 4.79 Å². The van der Waals surface area contributed by atoms with Gasteiger partial charge in [0.2, 0.25) is 0 Å². The molecular weight excluding hydrogens is 462 g/mol. The highest BCUT2D eigenvalue weighted by molar-refractivity contribution is 6.30. The van der Waals surface area contributed by atoms with Gasteiger partial charge >= 0.3 is 0 Å². The van der Waals surface area contributed by atoms with E-state index in [1.165, 1.54) is 24.1 Å². The van der Waals surface area contributed by atoms with Crippen molar-refractivity contribution in [1.29, 1.82) is 0 Å². The molecule has 0 unspecified atom stereocenters. The minimum Gasteiger partial charge on any atom is -0.379 e. The van der Waals surface area contributed by atoms with Crippen molar-refractivity contribution in [2.24, 2.45) is 0 Å². The third-order valence-electron chi connectivity index (χ3n) is 7.15. The summed E-state index contributed by atoms with van der Waals surface area (Å²) in [4.78, 5) is 18.1. The number of nitrogens with one attached hydrogen (secondary N) is 1. The molecule has 0 saturated carbocycles. The number of hydrogen-bond donors (Lipinski definition) is 1. The van der Waals surface area contributed by atoms with E-state index in [4.69, 9.17) is 16.3 Å². The molecule has 0 bridgehead atoms. The zero-order valence-electron chi connectivity index (χ0n) is 20.3. The Kier molecular flexibility index (Phi) is 7.09. The quantitative estimate of drug-likeness (QED) is 0.558. The van der Waals surface area contributed by atoms with Gasteiger partial charge in [0.1, 0.15) is 0 Å². The Labute approximate surface area is 211 Å². The fraction of sp³-hybridized carbons (Fsp3) is 0.407. The molecule has 0 atom stereocenters. The van der Waals surface area contributed by atoms with Crippen molar-refractivity contribution in [3.8, 4) is 5.69 Å². The Morgan fingerprint density at radius 3 is 2.43 bits per heavy atom. The minimum atomic E-state index is -0.166. The van der Waals surface area contributed by atoms with Crippen molar-refractivity contribution in [2.45, 2.75) is 32.7 Å². The van der Waals surface area contributed by atoms with Gasteiger partial charge in [0.15, 0.2) is 0 Å². The van der Waals surface area contributed by atoms with Crippen LogP contribution in [-0.4, -0.2) is 66.0 Å². The number of nitrogens with zero attached hydrogens (tertiary/aromatic N) is 4. The lowest BCUT2D eigenvalue weighted by Gasteiger charge is -2.41. The van der Waals surface area contributed by atoms with Crippen LogP contribution < -0.4 is 10.2 Å². The minimum absolute atomic E-state index is 0.166. The first-order valence-corrected chi connectivity index (χ1v) is 12.7. The molecule has 0 aliphatic carbocycles. The van der Waals surface area contributed by atoms with Gasteiger partial charge in [-0.05, 0) is 74.7 Å². The maximum Gasteiger partial charge on any atom is 0.259 e. The maximum absolute atomic E-state index is 13.0. The zero-order chi connectivity index (χ0) is 24.4. The first-order chi connectivity index (χ1) is 17.0. The SMILES string of the molecule is Cc1cc(NC(=O)c2cnn(-c3ccc(Cl)cc3)c2C)ccc1N1CCC(N2CCOCC2)CC1.